The Bertz CT molecular complexity index is 704. The molecule has 0 amide bonds. The van der Waals surface area contributed by atoms with Gasteiger partial charge in [-0.15, -0.1) is 23.7 Å². The van der Waals surface area contributed by atoms with Gasteiger partial charge in [0.1, 0.15) is 5.01 Å². The molecule has 1 aromatic rings. The van der Waals surface area contributed by atoms with Crippen LogP contribution in [0, 0.1) is 18.3 Å². The first-order chi connectivity index (χ1) is 13.9. The fourth-order valence-corrected chi connectivity index (χ4v) is 5.01. The van der Waals surface area contributed by atoms with Gasteiger partial charge >= 0.3 is 5.97 Å². The Morgan fingerprint density at radius 2 is 2.00 bits per heavy atom. The summed E-state index contributed by atoms with van der Waals surface area (Å²) in [5.41, 5.74) is 0.352. The number of rotatable bonds is 12. The lowest BCUT2D eigenvalue weighted by atomic mass is 9.97. The first-order valence-electron chi connectivity index (χ1n) is 10.8. The zero-order valence-corrected chi connectivity index (χ0v) is 21.8. The van der Waals surface area contributed by atoms with Crippen molar-refractivity contribution >= 4 is 25.6 Å². The molecule has 0 fully saturated rings. The molecule has 1 N–H and O–H groups in total. The molecular weight excluding hydrogens is 412 g/mol. The average molecular weight is 453 g/mol. The molecule has 0 bridgehead atoms. The SMILES string of the molecule is C#CCCCCNC(CC(O[Si](C)(C)C(C)(C)C)c1nc(C(=O)OC)cs1)C(C)C. The second kappa shape index (κ2) is 12.0. The van der Waals surface area contributed by atoms with Crippen LogP contribution in [0.15, 0.2) is 5.38 Å². The van der Waals surface area contributed by atoms with Gasteiger partial charge in [0.2, 0.25) is 0 Å². The predicted octanol–water partition coefficient (Wildman–Crippen LogP) is 5.80. The molecule has 2 unspecified atom stereocenters. The van der Waals surface area contributed by atoms with E-state index in [1.807, 2.05) is 0 Å². The first-order valence-corrected chi connectivity index (χ1v) is 14.6. The van der Waals surface area contributed by atoms with Gasteiger partial charge in [-0.2, -0.15) is 0 Å². The summed E-state index contributed by atoms with van der Waals surface area (Å²) in [5, 5.41) is 6.39. The number of methoxy groups -OCH3 is 1. The summed E-state index contributed by atoms with van der Waals surface area (Å²) in [4.78, 5) is 16.5. The van der Waals surface area contributed by atoms with E-state index in [1.54, 1.807) is 5.38 Å². The Balaban J connectivity index is 3.05. The third kappa shape index (κ3) is 8.14. The number of carbonyl (C=O) groups is 1. The first kappa shape index (κ1) is 26.8. The van der Waals surface area contributed by atoms with Gasteiger partial charge in [0.25, 0.3) is 0 Å². The minimum absolute atomic E-state index is 0.0870. The highest BCUT2D eigenvalue weighted by Gasteiger charge is 2.40. The minimum atomic E-state index is -2.03. The van der Waals surface area contributed by atoms with Gasteiger partial charge in [0, 0.05) is 17.8 Å². The molecule has 0 saturated carbocycles. The quantitative estimate of drug-likeness (QED) is 0.188. The van der Waals surface area contributed by atoms with E-state index in [2.05, 4.69) is 63.9 Å². The molecule has 30 heavy (non-hydrogen) atoms. The van der Waals surface area contributed by atoms with Crippen LogP contribution in [0.2, 0.25) is 18.1 Å². The maximum Gasteiger partial charge on any atom is 0.357 e. The van der Waals surface area contributed by atoms with E-state index in [9.17, 15) is 4.79 Å². The lowest BCUT2D eigenvalue weighted by Gasteiger charge is -2.40. The largest absolute Gasteiger partial charge is 0.464 e. The number of ether oxygens (including phenoxy) is 1. The summed E-state index contributed by atoms with van der Waals surface area (Å²) in [6, 6.07) is 0.288. The standard InChI is InChI=1S/C23H40N2O3SSi/c1-10-11-12-13-14-24-18(17(2)3)15-20(28-30(8,9)23(4,5)6)21-25-19(16-29-21)22(26)27-7/h1,16-18,20,24H,11-15H2,2-9H3. The summed E-state index contributed by atoms with van der Waals surface area (Å²) >= 11 is 1.48. The molecule has 1 aromatic heterocycles. The van der Waals surface area contributed by atoms with Gasteiger partial charge in [0.05, 0.1) is 13.2 Å². The van der Waals surface area contributed by atoms with Crippen LogP contribution in [-0.2, 0) is 9.16 Å². The summed E-state index contributed by atoms with van der Waals surface area (Å²) in [5.74, 6) is 2.74. The molecule has 2 atom stereocenters. The van der Waals surface area contributed by atoms with Gasteiger partial charge in [-0.25, -0.2) is 9.78 Å². The van der Waals surface area contributed by atoms with Crippen molar-refractivity contribution in [2.75, 3.05) is 13.7 Å². The van der Waals surface area contributed by atoms with Gasteiger partial charge < -0.3 is 14.5 Å². The summed E-state index contributed by atoms with van der Waals surface area (Å²) in [6.45, 7) is 16.6. The van der Waals surface area contributed by atoms with Crippen LogP contribution in [-0.4, -0.2) is 39.0 Å². The van der Waals surface area contributed by atoms with E-state index in [4.69, 9.17) is 15.6 Å². The maximum atomic E-state index is 11.9. The highest BCUT2D eigenvalue weighted by atomic mass is 32.1. The van der Waals surface area contributed by atoms with E-state index >= 15 is 0 Å². The molecule has 0 aliphatic heterocycles. The minimum Gasteiger partial charge on any atom is -0.464 e. The number of thiazole rings is 1. The van der Waals surface area contributed by atoms with Crippen LogP contribution in [0.3, 0.4) is 0 Å². The lowest BCUT2D eigenvalue weighted by molar-refractivity contribution is 0.0594. The molecule has 0 spiro atoms. The Morgan fingerprint density at radius 3 is 2.53 bits per heavy atom. The van der Waals surface area contributed by atoms with Gasteiger partial charge in [0.15, 0.2) is 14.0 Å². The molecule has 0 saturated heterocycles. The van der Waals surface area contributed by atoms with Crippen LogP contribution in [0.1, 0.15) is 81.9 Å². The van der Waals surface area contributed by atoms with Gasteiger partial charge in [-0.05, 0) is 49.9 Å². The zero-order chi connectivity index (χ0) is 22.9. The number of aromatic nitrogens is 1. The van der Waals surface area contributed by atoms with Crippen molar-refractivity contribution in [2.24, 2.45) is 5.92 Å². The molecule has 170 valence electrons. The van der Waals surface area contributed by atoms with E-state index in [0.717, 1.165) is 37.2 Å². The van der Waals surface area contributed by atoms with Crippen LogP contribution in [0.25, 0.3) is 0 Å². The fourth-order valence-electron chi connectivity index (χ4n) is 2.83. The van der Waals surface area contributed by atoms with Crippen molar-refractivity contribution in [2.45, 2.75) is 90.6 Å². The Labute approximate surface area is 188 Å². The molecule has 1 rings (SSSR count). The monoisotopic (exact) mass is 452 g/mol. The number of nitrogens with zero attached hydrogens (tertiary/aromatic N) is 1. The second-order valence-electron chi connectivity index (χ2n) is 9.63. The second-order valence-corrected chi connectivity index (χ2v) is 15.3. The highest BCUT2D eigenvalue weighted by molar-refractivity contribution is 7.09. The third-order valence-electron chi connectivity index (χ3n) is 5.86. The fraction of sp³-hybridized carbons (Fsp3) is 0.739. The van der Waals surface area contributed by atoms with Crippen molar-refractivity contribution < 1.29 is 14.0 Å². The van der Waals surface area contributed by atoms with Crippen molar-refractivity contribution in [3.63, 3.8) is 0 Å². The smallest absolute Gasteiger partial charge is 0.357 e. The summed E-state index contributed by atoms with van der Waals surface area (Å²) < 4.78 is 11.6. The average Bonchev–Trinajstić information content (AvgIpc) is 3.14. The van der Waals surface area contributed by atoms with E-state index in [-0.39, 0.29) is 17.2 Å². The summed E-state index contributed by atoms with van der Waals surface area (Å²) in [7, 11) is -0.648. The van der Waals surface area contributed by atoms with Crippen LogP contribution >= 0.6 is 11.3 Å². The molecule has 1 heterocycles. The van der Waals surface area contributed by atoms with Crippen molar-refractivity contribution in [1.82, 2.24) is 10.3 Å². The van der Waals surface area contributed by atoms with E-state index in [1.165, 1.54) is 18.4 Å². The van der Waals surface area contributed by atoms with Crippen molar-refractivity contribution in [3.05, 3.63) is 16.1 Å². The third-order valence-corrected chi connectivity index (χ3v) is 11.3. The van der Waals surface area contributed by atoms with Crippen LogP contribution < -0.4 is 5.32 Å². The molecule has 0 aliphatic rings. The molecule has 0 aliphatic carbocycles. The van der Waals surface area contributed by atoms with Crippen LogP contribution in [0.5, 0.6) is 0 Å². The Kier molecular flexibility index (Phi) is 10.7. The number of terminal acetylenes is 1. The molecular formula is C23H40N2O3SSi. The lowest BCUT2D eigenvalue weighted by Crippen LogP contribution is -2.44. The van der Waals surface area contributed by atoms with E-state index < -0.39 is 14.3 Å². The van der Waals surface area contributed by atoms with E-state index in [0.29, 0.717) is 11.6 Å². The Morgan fingerprint density at radius 1 is 1.33 bits per heavy atom. The highest BCUT2D eigenvalue weighted by Crippen LogP contribution is 2.41. The summed E-state index contributed by atoms with van der Waals surface area (Å²) in [6.07, 6.45) is 8.93. The number of hydrogen-bond acceptors (Lipinski definition) is 6. The normalized spacial score (nSPS) is 14.4. The maximum absolute atomic E-state index is 11.9. The Hall–Kier alpha value is -1.20. The molecule has 5 nitrogen and oxygen atoms in total. The number of unbranched alkanes of at least 4 members (excludes halogenated alkanes) is 2. The van der Waals surface area contributed by atoms with Crippen molar-refractivity contribution in [3.8, 4) is 12.3 Å². The topological polar surface area (TPSA) is 60.5 Å². The van der Waals surface area contributed by atoms with Crippen LogP contribution in [0.4, 0.5) is 0 Å². The van der Waals surface area contributed by atoms with Gasteiger partial charge in [-0.1, -0.05) is 34.6 Å². The zero-order valence-electron chi connectivity index (χ0n) is 20.0. The number of esters is 1. The molecule has 0 aromatic carbocycles. The van der Waals surface area contributed by atoms with Crippen molar-refractivity contribution in [1.29, 1.82) is 0 Å². The molecule has 7 heteroatoms. The number of carbonyl (C=O) groups excluding carboxylic acids is 1. The number of hydrogen-bond donors (Lipinski definition) is 1. The predicted molar refractivity (Wildman–Crippen MR) is 128 cm³/mol. The number of nitrogens with one attached hydrogen (secondary N) is 1. The molecule has 0 radical (unpaired) electrons. The van der Waals surface area contributed by atoms with Gasteiger partial charge in [-0.3, -0.25) is 0 Å².